The van der Waals surface area contributed by atoms with E-state index in [-0.39, 0.29) is 17.7 Å². The van der Waals surface area contributed by atoms with Crippen molar-refractivity contribution in [3.05, 3.63) is 150 Å². The third-order valence-corrected chi connectivity index (χ3v) is 8.80. The molecule has 1 aromatic heterocycles. The normalized spacial score (nSPS) is 14.3. The lowest BCUT2D eigenvalue weighted by atomic mass is 9.93. The second kappa shape index (κ2) is 14.1. The largest absolute Gasteiger partial charge is 0.493 e. The highest BCUT2D eigenvalue weighted by molar-refractivity contribution is 7.07. The van der Waals surface area contributed by atoms with Crippen molar-refractivity contribution in [2.75, 3.05) is 20.8 Å². The molecule has 0 amide bonds. The zero-order valence-electron chi connectivity index (χ0n) is 25.9. The van der Waals surface area contributed by atoms with Gasteiger partial charge in [0.1, 0.15) is 12.4 Å². The van der Waals surface area contributed by atoms with Gasteiger partial charge >= 0.3 is 5.97 Å². The molecule has 4 aromatic carbocycles. The maximum atomic E-state index is 14.4. The smallest absolute Gasteiger partial charge is 0.338 e. The Hall–Kier alpha value is -5.12. The van der Waals surface area contributed by atoms with Crippen molar-refractivity contribution in [2.24, 2.45) is 4.99 Å². The van der Waals surface area contributed by atoms with E-state index in [0.29, 0.717) is 49.5 Å². The Morgan fingerprint density at radius 3 is 2.43 bits per heavy atom. The van der Waals surface area contributed by atoms with E-state index in [2.05, 4.69) is 0 Å². The molecule has 1 aliphatic heterocycles. The number of thiazole rings is 1. The Kier molecular flexibility index (Phi) is 9.56. The molecular formula is C37H31ClN2O6S. The van der Waals surface area contributed by atoms with Crippen LogP contribution in [0.1, 0.15) is 35.2 Å². The molecule has 5 aromatic rings. The van der Waals surface area contributed by atoms with Crippen LogP contribution in [0.2, 0.25) is 5.02 Å². The van der Waals surface area contributed by atoms with E-state index in [1.807, 2.05) is 84.9 Å². The first-order chi connectivity index (χ1) is 22.9. The van der Waals surface area contributed by atoms with Crippen molar-refractivity contribution in [1.82, 2.24) is 4.57 Å². The van der Waals surface area contributed by atoms with Crippen LogP contribution in [0.4, 0.5) is 0 Å². The minimum Gasteiger partial charge on any atom is -0.493 e. The minimum absolute atomic E-state index is 0.152. The van der Waals surface area contributed by atoms with Gasteiger partial charge in [0.05, 0.1) is 42.7 Å². The van der Waals surface area contributed by atoms with Crippen LogP contribution in [0, 0.1) is 0 Å². The highest BCUT2D eigenvalue weighted by atomic mass is 35.5. The number of hydrogen-bond acceptors (Lipinski definition) is 8. The Morgan fingerprint density at radius 1 is 0.915 bits per heavy atom. The first-order valence-electron chi connectivity index (χ1n) is 14.9. The first-order valence-corrected chi connectivity index (χ1v) is 16.1. The summed E-state index contributed by atoms with van der Waals surface area (Å²) in [6.07, 6.45) is 1.79. The molecular weight excluding hydrogens is 636 g/mol. The third kappa shape index (κ3) is 6.58. The maximum Gasteiger partial charge on any atom is 0.338 e. The molecule has 1 atom stereocenters. The van der Waals surface area contributed by atoms with E-state index in [0.717, 1.165) is 16.7 Å². The molecule has 0 unspecified atom stereocenters. The summed E-state index contributed by atoms with van der Waals surface area (Å²) < 4.78 is 24.8. The average Bonchev–Trinajstić information content (AvgIpc) is 3.41. The van der Waals surface area contributed by atoms with Crippen LogP contribution in [0.3, 0.4) is 0 Å². The van der Waals surface area contributed by atoms with Crippen molar-refractivity contribution in [3.63, 3.8) is 0 Å². The zero-order valence-corrected chi connectivity index (χ0v) is 27.5. The summed E-state index contributed by atoms with van der Waals surface area (Å²) in [5.74, 6) is 1.01. The first kappa shape index (κ1) is 31.8. The molecule has 0 radical (unpaired) electrons. The zero-order chi connectivity index (χ0) is 32.9. The predicted octanol–water partition coefficient (Wildman–Crippen LogP) is 6.19. The number of benzene rings is 4. The number of para-hydroxylation sites is 1. The van der Waals surface area contributed by atoms with E-state index in [1.165, 1.54) is 18.4 Å². The molecule has 1 aliphatic rings. The Morgan fingerprint density at radius 2 is 1.68 bits per heavy atom. The number of fused-ring (bicyclic) bond motifs is 1. The number of esters is 1. The summed E-state index contributed by atoms with van der Waals surface area (Å²) in [5.41, 5.74) is 3.35. The quantitative estimate of drug-likeness (QED) is 0.165. The molecule has 8 nitrogen and oxygen atoms in total. The number of methoxy groups -OCH3 is 2. The summed E-state index contributed by atoms with van der Waals surface area (Å²) in [7, 11) is 3.09. The number of hydrogen-bond donors (Lipinski definition) is 0. The molecule has 47 heavy (non-hydrogen) atoms. The molecule has 0 fully saturated rings. The molecule has 6 rings (SSSR count). The summed E-state index contributed by atoms with van der Waals surface area (Å²) in [4.78, 5) is 33.5. The highest BCUT2D eigenvalue weighted by Gasteiger charge is 2.35. The fourth-order valence-corrected chi connectivity index (χ4v) is 6.64. The van der Waals surface area contributed by atoms with Crippen LogP contribution < -0.4 is 29.1 Å². The Labute approximate surface area is 280 Å². The SMILES string of the molecule is CCOC(=O)C1=C(c2ccccc2)N=c2s/c(=C\c3ccccc3OCc3cccc(Cl)c3)c(=O)n2[C@@H]1c1ccc(OC)c(OC)c1. The molecule has 0 saturated carbocycles. The molecule has 0 N–H and O–H groups in total. The number of ether oxygens (including phenoxy) is 4. The number of carbonyl (C=O) groups excluding carboxylic acids is 1. The molecule has 2 heterocycles. The van der Waals surface area contributed by atoms with Crippen LogP contribution in [0.15, 0.2) is 112 Å². The van der Waals surface area contributed by atoms with E-state index in [1.54, 1.807) is 36.8 Å². The molecule has 0 aliphatic carbocycles. The van der Waals surface area contributed by atoms with Crippen LogP contribution in [-0.4, -0.2) is 31.4 Å². The van der Waals surface area contributed by atoms with Gasteiger partial charge in [0, 0.05) is 16.1 Å². The average molecular weight is 667 g/mol. The standard InChI is InChI=1S/C37H31ClN2O6S/c1-4-45-36(42)32-33(24-12-6-5-7-13-24)39-37-40(34(32)26-17-18-29(43-2)30(20-26)44-3)35(41)31(47-37)21-25-14-8-9-16-28(25)46-22-23-11-10-15-27(38)19-23/h5-21,34H,4,22H2,1-3H3/b31-21-/t34-/m1/s1. The Bertz CT molecular complexity index is 2160. The van der Waals surface area contributed by atoms with Gasteiger partial charge in [0.25, 0.3) is 5.56 Å². The van der Waals surface area contributed by atoms with Gasteiger partial charge in [-0.05, 0) is 54.5 Å². The number of rotatable bonds is 10. The van der Waals surface area contributed by atoms with Gasteiger partial charge in [-0.15, -0.1) is 0 Å². The topological polar surface area (TPSA) is 88.4 Å². The number of aromatic nitrogens is 1. The second-order valence-corrected chi connectivity index (χ2v) is 11.9. The van der Waals surface area contributed by atoms with Gasteiger partial charge in [-0.25, -0.2) is 9.79 Å². The van der Waals surface area contributed by atoms with E-state index in [4.69, 9.17) is 35.5 Å². The van der Waals surface area contributed by atoms with Gasteiger partial charge < -0.3 is 18.9 Å². The highest BCUT2D eigenvalue weighted by Crippen LogP contribution is 2.38. The molecule has 0 spiro atoms. The molecule has 10 heteroatoms. The number of halogens is 1. The molecule has 0 saturated heterocycles. The fourth-order valence-electron chi connectivity index (χ4n) is 5.44. The molecule has 0 bridgehead atoms. The van der Waals surface area contributed by atoms with Gasteiger partial charge in [-0.1, -0.05) is 89.7 Å². The maximum absolute atomic E-state index is 14.4. The Balaban J connectivity index is 1.55. The van der Waals surface area contributed by atoms with Crippen LogP contribution in [0.25, 0.3) is 11.8 Å². The van der Waals surface area contributed by atoms with Crippen molar-refractivity contribution in [2.45, 2.75) is 19.6 Å². The van der Waals surface area contributed by atoms with Crippen molar-refractivity contribution < 1.29 is 23.7 Å². The molecule has 238 valence electrons. The van der Waals surface area contributed by atoms with Gasteiger partial charge in [0.2, 0.25) is 0 Å². The van der Waals surface area contributed by atoms with E-state index < -0.39 is 12.0 Å². The van der Waals surface area contributed by atoms with Crippen molar-refractivity contribution in [1.29, 1.82) is 0 Å². The van der Waals surface area contributed by atoms with Crippen LogP contribution in [-0.2, 0) is 16.1 Å². The lowest BCUT2D eigenvalue weighted by molar-refractivity contribution is -0.138. The minimum atomic E-state index is -0.864. The number of carbonyl (C=O) groups is 1. The summed E-state index contributed by atoms with van der Waals surface area (Å²) in [5, 5.41) is 0.626. The number of nitrogens with zero attached hydrogens (tertiary/aromatic N) is 2. The van der Waals surface area contributed by atoms with Gasteiger partial charge in [-0.3, -0.25) is 9.36 Å². The van der Waals surface area contributed by atoms with Crippen LogP contribution in [0.5, 0.6) is 17.2 Å². The third-order valence-electron chi connectivity index (χ3n) is 7.59. The van der Waals surface area contributed by atoms with Gasteiger partial charge in [-0.2, -0.15) is 0 Å². The van der Waals surface area contributed by atoms with Crippen molar-refractivity contribution in [3.8, 4) is 17.2 Å². The lowest BCUT2D eigenvalue weighted by Crippen LogP contribution is -2.40. The van der Waals surface area contributed by atoms with E-state index in [9.17, 15) is 9.59 Å². The summed E-state index contributed by atoms with van der Waals surface area (Å²) in [6, 6.07) is 28.8. The van der Waals surface area contributed by atoms with Crippen molar-refractivity contribution >= 4 is 40.7 Å². The van der Waals surface area contributed by atoms with E-state index >= 15 is 0 Å². The summed E-state index contributed by atoms with van der Waals surface area (Å²) in [6.45, 7) is 2.20. The predicted molar refractivity (Wildman–Crippen MR) is 183 cm³/mol. The summed E-state index contributed by atoms with van der Waals surface area (Å²) >= 11 is 7.40. The monoisotopic (exact) mass is 666 g/mol. The van der Waals surface area contributed by atoms with Crippen LogP contribution >= 0.6 is 22.9 Å². The van der Waals surface area contributed by atoms with Gasteiger partial charge in [0.15, 0.2) is 16.3 Å². The fraction of sp³-hybridized carbons (Fsp3) is 0.162. The second-order valence-electron chi connectivity index (χ2n) is 10.5. The lowest BCUT2D eigenvalue weighted by Gasteiger charge is -2.26.